The molecule has 0 saturated heterocycles. The van der Waals surface area contributed by atoms with Crippen molar-refractivity contribution in [2.24, 2.45) is 0 Å². The number of rotatable bonds is 5. The van der Waals surface area contributed by atoms with Gasteiger partial charge in [0.2, 0.25) is 0 Å². The van der Waals surface area contributed by atoms with Crippen LogP contribution in [0.2, 0.25) is 0 Å². The number of hydrogen-bond donors (Lipinski definition) is 0. The number of methoxy groups -OCH3 is 1. The van der Waals surface area contributed by atoms with Crippen molar-refractivity contribution in [1.29, 1.82) is 0 Å². The molecule has 0 heterocycles. The Morgan fingerprint density at radius 1 is 1.05 bits per heavy atom. The Morgan fingerprint density at radius 3 is 2.35 bits per heavy atom. The molecule has 0 radical (unpaired) electrons. The van der Waals surface area contributed by atoms with E-state index in [1.54, 1.807) is 36.4 Å². The highest BCUT2D eigenvalue weighted by molar-refractivity contribution is 6.09. The van der Waals surface area contributed by atoms with E-state index < -0.39 is 5.97 Å². The smallest absolute Gasteiger partial charge is 0.193 e. The van der Waals surface area contributed by atoms with Crippen molar-refractivity contribution in [2.45, 2.75) is 6.61 Å². The zero-order valence-electron chi connectivity index (χ0n) is 11.0. The van der Waals surface area contributed by atoms with Gasteiger partial charge in [0.25, 0.3) is 0 Å². The summed E-state index contributed by atoms with van der Waals surface area (Å²) in [6.07, 6.45) is 0. The molecule has 0 atom stereocenters. The summed E-state index contributed by atoms with van der Waals surface area (Å²) in [5, 5.41) is 11.1. The zero-order chi connectivity index (χ0) is 14.5. The quantitative estimate of drug-likeness (QED) is 0.770. The van der Waals surface area contributed by atoms with Crippen LogP contribution in [0.5, 0.6) is 0 Å². The Morgan fingerprint density at radius 2 is 1.75 bits per heavy atom. The minimum absolute atomic E-state index is 0.0198. The van der Waals surface area contributed by atoms with E-state index in [0.717, 1.165) is 0 Å². The highest BCUT2D eigenvalue weighted by Gasteiger charge is 2.12. The van der Waals surface area contributed by atoms with Crippen LogP contribution < -0.4 is 5.11 Å². The summed E-state index contributed by atoms with van der Waals surface area (Å²) >= 11 is 0. The number of aromatic carboxylic acids is 1. The molecule has 0 aliphatic carbocycles. The van der Waals surface area contributed by atoms with E-state index in [-0.39, 0.29) is 18.0 Å². The summed E-state index contributed by atoms with van der Waals surface area (Å²) in [7, 11) is 1.47. The molecule has 2 aromatic carbocycles. The second kappa shape index (κ2) is 6.12. The maximum absolute atomic E-state index is 12.2. The number of hydrogen-bond acceptors (Lipinski definition) is 4. The molecule has 0 aliphatic rings. The van der Waals surface area contributed by atoms with Crippen LogP contribution in [0.15, 0.2) is 48.5 Å². The Labute approximate surface area is 116 Å². The summed E-state index contributed by atoms with van der Waals surface area (Å²) in [5.41, 5.74) is 1.29. The van der Waals surface area contributed by atoms with Gasteiger partial charge in [-0.3, -0.25) is 4.79 Å². The van der Waals surface area contributed by atoms with Crippen molar-refractivity contribution < 1.29 is 19.4 Å². The summed E-state index contributed by atoms with van der Waals surface area (Å²) in [4.78, 5) is 23.4. The molecule has 0 N–H and O–H groups in total. The molecule has 0 spiro atoms. The van der Waals surface area contributed by atoms with E-state index in [1.165, 1.54) is 13.2 Å². The largest absolute Gasteiger partial charge is 0.545 e. The Kier molecular flexibility index (Phi) is 4.27. The first-order valence-corrected chi connectivity index (χ1v) is 6.06. The maximum atomic E-state index is 12.2. The number of carbonyl (C=O) groups is 2. The van der Waals surface area contributed by atoms with Gasteiger partial charge in [-0.25, -0.2) is 0 Å². The van der Waals surface area contributed by atoms with Gasteiger partial charge in [0.1, 0.15) is 0 Å². The molecule has 2 rings (SSSR count). The Balaban J connectivity index is 2.41. The van der Waals surface area contributed by atoms with E-state index in [0.29, 0.717) is 16.7 Å². The molecule has 20 heavy (non-hydrogen) atoms. The summed E-state index contributed by atoms with van der Waals surface area (Å²) < 4.78 is 4.93. The molecule has 0 amide bonds. The van der Waals surface area contributed by atoms with E-state index in [2.05, 4.69) is 0 Å². The lowest BCUT2D eigenvalue weighted by atomic mass is 9.98. The lowest BCUT2D eigenvalue weighted by Gasteiger charge is -2.11. The van der Waals surface area contributed by atoms with Crippen LogP contribution in [0.1, 0.15) is 31.8 Å². The summed E-state index contributed by atoms with van der Waals surface area (Å²) in [6, 6.07) is 13.2. The number of benzene rings is 2. The van der Waals surface area contributed by atoms with Gasteiger partial charge in [-0.05, 0) is 11.6 Å². The third-order valence-electron chi connectivity index (χ3n) is 2.93. The van der Waals surface area contributed by atoms with Crippen molar-refractivity contribution in [2.75, 3.05) is 7.11 Å². The van der Waals surface area contributed by atoms with Crippen LogP contribution in [0.3, 0.4) is 0 Å². The lowest BCUT2D eigenvalue weighted by molar-refractivity contribution is -0.255. The number of ketones is 1. The highest BCUT2D eigenvalue weighted by atomic mass is 16.5. The SMILES string of the molecule is COCc1ccc(C(=O)c2ccccc2)cc1C(=O)[O-]. The van der Waals surface area contributed by atoms with Crippen LogP contribution >= 0.6 is 0 Å². The van der Waals surface area contributed by atoms with Crippen molar-refractivity contribution in [3.05, 3.63) is 70.8 Å². The van der Waals surface area contributed by atoms with Crippen molar-refractivity contribution in [1.82, 2.24) is 0 Å². The molecule has 4 nitrogen and oxygen atoms in total. The number of ether oxygens (including phenoxy) is 1. The van der Waals surface area contributed by atoms with Crippen LogP contribution in [-0.2, 0) is 11.3 Å². The van der Waals surface area contributed by atoms with Crippen LogP contribution in [0.4, 0.5) is 0 Å². The lowest BCUT2D eigenvalue weighted by Crippen LogP contribution is -2.24. The molecular weight excluding hydrogens is 256 g/mol. The van der Waals surface area contributed by atoms with Crippen molar-refractivity contribution in [3.8, 4) is 0 Å². The summed E-state index contributed by atoms with van der Waals surface area (Å²) in [6.45, 7) is 0.156. The highest BCUT2D eigenvalue weighted by Crippen LogP contribution is 2.16. The third-order valence-corrected chi connectivity index (χ3v) is 2.93. The minimum atomic E-state index is -1.32. The van der Waals surface area contributed by atoms with Crippen LogP contribution in [-0.4, -0.2) is 18.9 Å². The molecule has 0 bridgehead atoms. The van der Waals surface area contributed by atoms with Gasteiger partial charge in [-0.2, -0.15) is 0 Å². The van der Waals surface area contributed by atoms with E-state index >= 15 is 0 Å². The number of carbonyl (C=O) groups excluding carboxylic acids is 2. The van der Waals surface area contributed by atoms with Crippen molar-refractivity contribution >= 4 is 11.8 Å². The van der Waals surface area contributed by atoms with Crippen LogP contribution in [0.25, 0.3) is 0 Å². The van der Waals surface area contributed by atoms with Crippen LogP contribution in [0, 0.1) is 0 Å². The van der Waals surface area contributed by atoms with E-state index in [1.807, 2.05) is 6.07 Å². The molecule has 2 aromatic rings. The molecule has 0 aromatic heterocycles. The van der Waals surface area contributed by atoms with Crippen molar-refractivity contribution in [3.63, 3.8) is 0 Å². The second-order valence-electron chi connectivity index (χ2n) is 4.29. The molecule has 0 saturated carbocycles. The molecule has 102 valence electrons. The first kappa shape index (κ1) is 14.0. The maximum Gasteiger partial charge on any atom is 0.193 e. The monoisotopic (exact) mass is 269 g/mol. The fraction of sp³-hybridized carbons (Fsp3) is 0.125. The number of carboxylic acid groups (broad SMARTS) is 1. The van der Waals surface area contributed by atoms with Gasteiger partial charge in [0.05, 0.1) is 12.6 Å². The fourth-order valence-electron chi connectivity index (χ4n) is 1.95. The molecular formula is C16H13O4-. The molecule has 0 aliphatic heterocycles. The third kappa shape index (κ3) is 2.92. The van der Waals surface area contributed by atoms with Gasteiger partial charge in [-0.1, -0.05) is 42.5 Å². The van der Waals surface area contributed by atoms with Gasteiger partial charge in [-0.15, -0.1) is 0 Å². The average molecular weight is 269 g/mol. The molecule has 0 fully saturated rings. The van der Waals surface area contributed by atoms with E-state index in [9.17, 15) is 14.7 Å². The normalized spacial score (nSPS) is 10.2. The zero-order valence-corrected chi connectivity index (χ0v) is 11.0. The number of carboxylic acids is 1. The first-order valence-electron chi connectivity index (χ1n) is 6.06. The Hall–Kier alpha value is -2.46. The summed E-state index contributed by atoms with van der Waals surface area (Å²) in [5.74, 6) is -1.54. The predicted molar refractivity (Wildman–Crippen MR) is 71.4 cm³/mol. The standard InChI is InChI=1S/C16H14O4/c1-20-10-13-8-7-12(9-14(13)16(18)19)15(17)11-5-3-2-4-6-11/h2-9H,10H2,1H3,(H,18,19)/p-1. The predicted octanol–water partition coefficient (Wildman–Crippen LogP) is 1.43. The molecule has 0 unspecified atom stereocenters. The van der Waals surface area contributed by atoms with Gasteiger partial charge >= 0.3 is 0 Å². The van der Waals surface area contributed by atoms with Gasteiger partial charge in [0, 0.05) is 23.8 Å². The topological polar surface area (TPSA) is 66.4 Å². The Bertz CT molecular complexity index is 632. The van der Waals surface area contributed by atoms with Gasteiger partial charge < -0.3 is 14.6 Å². The second-order valence-corrected chi connectivity index (χ2v) is 4.29. The van der Waals surface area contributed by atoms with Gasteiger partial charge in [0.15, 0.2) is 5.78 Å². The average Bonchev–Trinajstić information content (AvgIpc) is 2.48. The fourth-order valence-corrected chi connectivity index (χ4v) is 1.95. The van der Waals surface area contributed by atoms with E-state index in [4.69, 9.17) is 4.74 Å². The minimum Gasteiger partial charge on any atom is -0.545 e. The molecule has 4 heteroatoms. The first-order chi connectivity index (χ1) is 9.63.